The zero-order valence-corrected chi connectivity index (χ0v) is 17.4. The molecular formula is C22H21BrFNO3. The highest BCUT2D eigenvalue weighted by atomic mass is 79.9. The van der Waals surface area contributed by atoms with Gasteiger partial charge in [0.15, 0.2) is 6.73 Å². The van der Waals surface area contributed by atoms with Gasteiger partial charge in [0.1, 0.15) is 17.1 Å². The molecule has 2 aromatic carbocycles. The van der Waals surface area contributed by atoms with Crippen LogP contribution in [0.1, 0.15) is 36.5 Å². The number of rotatable bonds is 4. The van der Waals surface area contributed by atoms with E-state index in [0.717, 1.165) is 47.1 Å². The lowest BCUT2D eigenvalue weighted by molar-refractivity contribution is 0.286. The second-order valence-corrected chi connectivity index (χ2v) is 8.04. The third kappa shape index (κ3) is 3.41. The van der Waals surface area contributed by atoms with Crippen LogP contribution in [-0.2, 0) is 13.0 Å². The van der Waals surface area contributed by atoms with Crippen molar-refractivity contribution in [2.75, 3.05) is 11.6 Å². The molecule has 4 rings (SSSR count). The zero-order chi connectivity index (χ0) is 19.8. The van der Waals surface area contributed by atoms with Crippen molar-refractivity contribution >= 4 is 32.6 Å². The van der Waals surface area contributed by atoms with E-state index < -0.39 is 0 Å². The number of hydrogen-bond acceptors (Lipinski definition) is 4. The summed E-state index contributed by atoms with van der Waals surface area (Å²) >= 11 is 3.29. The number of ether oxygens (including phenoxy) is 1. The van der Waals surface area contributed by atoms with Crippen molar-refractivity contribution in [3.05, 3.63) is 67.7 Å². The number of anilines is 1. The van der Waals surface area contributed by atoms with Crippen LogP contribution in [0.15, 0.2) is 44.0 Å². The van der Waals surface area contributed by atoms with Gasteiger partial charge < -0.3 is 14.1 Å². The third-order valence-corrected chi connectivity index (χ3v) is 5.65. The van der Waals surface area contributed by atoms with E-state index in [0.29, 0.717) is 22.3 Å². The Morgan fingerprint density at radius 2 is 2.07 bits per heavy atom. The molecule has 0 N–H and O–H groups in total. The fourth-order valence-corrected chi connectivity index (χ4v) is 4.08. The van der Waals surface area contributed by atoms with Gasteiger partial charge >= 0.3 is 5.63 Å². The van der Waals surface area contributed by atoms with Crippen molar-refractivity contribution in [2.45, 2.75) is 39.7 Å². The molecule has 0 unspecified atom stereocenters. The molecule has 1 aliphatic heterocycles. The maximum Gasteiger partial charge on any atom is 0.336 e. The Kier molecular flexibility index (Phi) is 5.15. The van der Waals surface area contributed by atoms with E-state index in [-0.39, 0.29) is 18.2 Å². The van der Waals surface area contributed by atoms with Gasteiger partial charge in [0.25, 0.3) is 0 Å². The van der Waals surface area contributed by atoms with E-state index in [9.17, 15) is 9.18 Å². The smallest absolute Gasteiger partial charge is 0.336 e. The average molecular weight is 446 g/mol. The van der Waals surface area contributed by atoms with Gasteiger partial charge in [-0.3, -0.25) is 0 Å². The average Bonchev–Trinajstić information content (AvgIpc) is 2.66. The predicted octanol–water partition coefficient (Wildman–Crippen LogP) is 5.70. The Balaban J connectivity index is 1.79. The van der Waals surface area contributed by atoms with Gasteiger partial charge in [-0.1, -0.05) is 29.3 Å². The van der Waals surface area contributed by atoms with Crippen LogP contribution in [0.5, 0.6) is 5.75 Å². The number of unbranched alkanes of at least 4 members (excludes halogenated alkanes) is 1. The third-order valence-electron chi connectivity index (χ3n) is 5.15. The molecule has 0 atom stereocenters. The van der Waals surface area contributed by atoms with Crippen LogP contribution in [0, 0.1) is 12.7 Å². The number of hydrogen-bond donors (Lipinski definition) is 0. The quantitative estimate of drug-likeness (QED) is 0.482. The normalized spacial score (nSPS) is 13.5. The van der Waals surface area contributed by atoms with Crippen molar-refractivity contribution in [2.24, 2.45) is 0 Å². The summed E-state index contributed by atoms with van der Waals surface area (Å²) in [5, 5.41) is 0.936. The van der Waals surface area contributed by atoms with Crippen LogP contribution in [0.25, 0.3) is 11.0 Å². The topological polar surface area (TPSA) is 42.7 Å². The molecule has 3 aromatic rings. The number of halogens is 2. The van der Waals surface area contributed by atoms with Gasteiger partial charge in [-0.15, -0.1) is 0 Å². The Bertz CT molecular complexity index is 1110. The molecule has 0 fully saturated rings. The van der Waals surface area contributed by atoms with Crippen molar-refractivity contribution in [3.8, 4) is 5.75 Å². The Hall–Kier alpha value is -2.34. The molecule has 1 aliphatic rings. The molecule has 0 saturated heterocycles. The number of nitrogens with zero attached hydrogens (tertiary/aromatic N) is 1. The fourth-order valence-electron chi connectivity index (χ4n) is 3.75. The summed E-state index contributed by atoms with van der Waals surface area (Å²) < 4.78 is 26.6. The summed E-state index contributed by atoms with van der Waals surface area (Å²) in [7, 11) is 0. The monoisotopic (exact) mass is 445 g/mol. The highest BCUT2D eigenvalue weighted by Crippen LogP contribution is 2.37. The van der Waals surface area contributed by atoms with E-state index >= 15 is 0 Å². The van der Waals surface area contributed by atoms with E-state index in [1.807, 2.05) is 24.0 Å². The van der Waals surface area contributed by atoms with Gasteiger partial charge in [-0.2, -0.15) is 0 Å². The summed E-state index contributed by atoms with van der Waals surface area (Å²) in [6.45, 7) is 4.79. The lowest BCUT2D eigenvalue weighted by atomic mass is 9.98. The Morgan fingerprint density at radius 3 is 2.82 bits per heavy atom. The molecule has 6 heteroatoms. The molecule has 146 valence electrons. The second kappa shape index (κ2) is 7.59. The minimum Gasteiger partial charge on any atom is -0.472 e. The first-order valence-electron chi connectivity index (χ1n) is 9.40. The zero-order valence-electron chi connectivity index (χ0n) is 15.9. The Labute approximate surface area is 171 Å². The van der Waals surface area contributed by atoms with Crippen LogP contribution in [0.4, 0.5) is 10.1 Å². The number of benzene rings is 2. The van der Waals surface area contributed by atoms with E-state index in [1.54, 1.807) is 12.1 Å². The predicted molar refractivity (Wildman–Crippen MR) is 112 cm³/mol. The summed E-state index contributed by atoms with van der Waals surface area (Å²) in [5.74, 6) is 0.422. The van der Waals surface area contributed by atoms with E-state index in [4.69, 9.17) is 9.15 Å². The van der Waals surface area contributed by atoms with Gasteiger partial charge in [-0.25, -0.2) is 9.18 Å². The molecular weight excluding hydrogens is 425 g/mol. The van der Waals surface area contributed by atoms with E-state index in [2.05, 4.69) is 22.9 Å². The molecule has 0 amide bonds. The van der Waals surface area contributed by atoms with Crippen molar-refractivity contribution < 1.29 is 13.5 Å². The number of aryl methyl sites for hydroxylation is 2. The first kappa shape index (κ1) is 19.0. The standard InChI is InChI=1S/C22H21BrFNO3/c1-3-4-5-14-9-20(26)28-22-13(2)21-15(8-17(14)22)11-25(12-27-21)19-7-6-16(23)10-18(19)24/h6-10H,3-5,11-12H2,1-2H3. The maximum atomic E-state index is 14.4. The van der Waals surface area contributed by atoms with Gasteiger partial charge in [0.05, 0.1) is 5.69 Å². The molecule has 28 heavy (non-hydrogen) atoms. The summed E-state index contributed by atoms with van der Waals surface area (Å²) in [5.41, 5.74) is 3.52. The minimum atomic E-state index is -0.337. The largest absolute Gasteiger partial charge is 0.472 e. The minimum absolute atomic E-state index is 0.234. The van der Waals surface area contributed by atoms with Gasteiger partial charge in [-0.05, 0) is 49.6 Å². The maximum absolute atomic E-state index is 14.4. The number of fused-ring (bicyclic) bond motifs is 2. The van der Waals surface area contributed by atoms with E-state index in [1.165, 1.54) is 6.07 Å². The summed E-state index contributed by atoms with van der Waals surface area (Å²) in [4.78, 5) is 13.9. The highest BCUT2D eigenvalue weighted by molar-refractivity contribution is 9.10. The van der Waals surface area contributed by atoms with Crippen molar-refractivity contribution in [1.82, 2.24) is 0 Å². The molecule has 0 aliphatic carbocycles. The van der Waals surface area contributed by atoms with Gasteiger partial charge in [0.2, 0.25) is 0 Å². The molecule has 0 bridgehead atoms. The molecule has 0 saturated carbocycles. The van der Waals surface area contributed by atoms with Crippen LogP contribution >= 0.6 is 15.9 Å². The van der Waals surface area contributed by atoms with Crippen LogP contribution < -0.4 is 15.3 Å². The van der Waals surface area contributed by atoms with Crippen LogP contribution in [-0.4, -0.2) is 6.73 Å². The van der Waals surface area contributed by atoms with Gasteiger partial charge in [0, 0.05) is 33.6 Å². The lowest BCUT2D eigenvalue weighted by Gasteiger charge is -2.32. The summed E-state index contributed by atoms with van der Waals surface area (Å²) in [6, 6.07) is 8.62. The second-order valence-electron chi connectivity index (χ2n) is 7.13. The van der Waals surface area contributed by atoms with Crippen LogP contribution in [0.2, 0.25) is 0 Å². The molecule has 0 spiro atoms. The van der Waals surface area contributed by atoms with Crippen molar-refractivity contribution in [1.29, 1.82) is 0 Å². The fraction of sp³-hybridized carbons (Fsp3) is 0.318. The SMILES string of the molecule is CCCCc1cc(=O)oc2c(C)c3c(cc12)CN(c1ccc(Br)cc1F)CO3. The Morgan fingerprint density at radius 1 is 1.25 bits per heavy atom. The highest BCUT2D eigenvalue weighted by Gasteiger charge is 2.24. The first-order valence-corrected chi connectivity index (χ1v) is 10.2. The lowest BCUT2D eigenvalue weighted by Crippen LogP contribution is -2.33. The molecule has 4 nitrogen and oxygen atoms in total. The van der Waals surface area contributed by atoms with Crippen LogP contribution in [0.3, 0.4) is 0 Å². The molecule has 1 aromatic heterocycles. The first-order chi connectivity index (χ1) is 13.5. The van der Waals surface area contributed by atoms with Crippen molar-refractivity contribution in [3.63, 3.8) is 0 Å². The summed E-state index contributed by atoms with van der Waals surface area (Å²) in [6.07, 6.45) is 2.87. The molecule has 2 heterocycles. The molecule has 0 radical (unpaired) electrons.